The molecule has 1 saturated heterocycles. The smallest absolute Gasteiger partial charge is 0.239 e. The second-order valence-corrected chi connectivity index (χ2v) is 5.72. The van der Waals surface area contributed by atoms with Crippen LogP contribution in [-0.4, -0.2) is 22.5 Å². The quantitative estimate of drug-likeness (QED) is 0.673. The third-order valence-electron chi connectivity index (χ3n) is 2.20. The maximum absolute atomic E-state index is 11.5. The average Bonchev–Trinajstić information content (AvgIpc) is 2.91. The third kappa shape index (κ3) is 3.41. The van der Waals surface area contributed by atoms with E-state index in [1.54, 1.807) is 17.6 Å². The zero-order valence-corrected chi connectivity index (χ0v) is 11.1. The summed E-state index contributed by atoms with van der Waals surface area (Å²) in [6.07, 6.45) is 3.57. The van der Waals surface area contributed by atoms with Crippen molar-refractivity contribution in [3.8, 4) is 0 Å². The topological polar surface area (TPSA) is 53.8 Å². The largest absolute Gasteiger partial charge is 0.303 e. The molecule has 1 aromatic rings. The lowest BCUT2D eigenvalue weighted by atomic mass is 10.2. The number of thioether (sulfide) groups is 1. The average molecular weight is 267 g/mol. The SMILES string of the molecule is CCC[C@H]1SC(=NN=Cc2cccs2)NC1=O. The molecule has 1 aliphatic rings. The van der Waals surface area contributed by atoms with Crippen LogP contribution in [0, 0.1) is 0 Å². The van der Waals surface area contributed by atoms with E-state index in [4.69, 9.17) is 0 Å². The van der Waals surface area contributed by atoms with Gasteiger partial charge in [-0.3, -0.25) is 4.79 Å². The number of amides is 1. The summed E-state index contributed by atoms with van der Waals surface area (Å²) in [5.41, 5.74) is 0. The van der Waals surface area contributed by atoms with Crippen LogP contribution in [0.5, 0.6) is 0 Å². The van der Waals surface area contributed by atoms with E-state index in [0.717, 1.165) is 17.7 Å². The second kappa shape index (κ2) is 5.97. The maximum Gasteiger partial charge on any atom is 0.239 e. The van der Waals surface area contributed by atoms with Gasteiger partial charge in [-0.25, -0.2) is 0 Å². The molecule has 0 unspecified atom stereocenters. The molecule has 0 bridgehead atoms. The van der Waals surface area contributed by atoms with Crippen molar-refractivity contribution in [1.29, 1.82) is 0 Å². The molecule has 4 nitrogen and oxygen atoms in total. The van der Waals surface area contributed by atoms with Crippen LogP contribution in [0.15, 0.2) is 27.7 Å². The number of hydrogen-bond donors (Lipinski definition) is 1. The first-order valence-electron chi connectivity index (χ1n) is 5.41. The molecular weight excluding hydrogens is 254 g/mol. The van der Waals surface area contributed by atoms with Crippen LogP contribution in [0.4, 0.5) is 0 Å². The Hall–Kier alpha value is -1.14. The summed E-state index contributed by atoms with van der Waals surface area (Å²) in [6.45, 7) is 2.07. The highest BCUT2D eigenvalue weighted by molar-refractivity contribution is 8.15. The fraction of sp³-hybridized carbons (Fsp3) is 0.364. The summed E-state index contributed by atoms with van der Waals surface area (Å²) in [4.78, 5) is 12.6. The predicted molar refractivity (Wildman–Crippen MR) is 73.8 cm³/mol. The van der Waals surface area contributed by atoms with Crippen molar-refractivity contribution in [2.24, 2.45) is 10.2 Å². The van der Waals surface area contributed by atoms with Crippen LogP contribution in [0.2, 0.25) is 0 Å². The summed E-state index contributed by atoms with van der Waals surface area (Å²) < 4.78 is 0. The normalized spacial score (nSPS) is 22.5. The van der Waals surface area contributed by atoms with Gasteiger partial charge in [0.1, 0.15) is 0 Å². The minimum atomic E-state index is -0.00399. The van der Waals surface area contributed by atoms with Gasteiger partial charge in [-0.05, 0) is 17.9 Å². The van der Waals surface area contributed by atoms with Crippen LogP contribution in [0.3, 0.4) is 0 Å². The molecule has 17 heavy (non-hydrogen) atoms. The lowest BCUT2D eigenvalue weighted by Gasteiger charge is -1.99. The van der Waals surface area contributed by atoms with Crippen LogP contribution >= 0.6 is 23.1 Å². The summed E-state index contributed by atoms with van der Waals surface area (Å²) in [5.74, 6) is 0.0434. The molecule has 1 aromatic heterocycles. The van der Waals surface area contributed by atoms with Crippen molar-refractivity contribution in [2.75, 3.05) is 0 Å². The molecule has 1 atom stereocenters. The van der Waals surface area contributed by atoms with E-state index < -0.39 is 0 Å². The molecule has 0 spiro atoms. The first kappa shape index (κ1) is 12.3. The Morgan fingerprint density at radius 2 is 2.47 bits per heavy atom. The number of nitrogens with zero attached hydrogens (tertiary/aromatic N) is 2. The number of carbonyl (C=O) groups excluding carboxylic acids is 1. The predicted octanol–water partition coefficient (Wildman–Crippen LogP) is 2.47. The van der Waals surface area contributed by atoms with Gasteiger partial charge in [0.05, 0.1) is 11.5 Å². The molecule has 2 rings (SSSR count). The van der Waals surface area contributed by atoms with Crippen molar-refractivity contribution >= 4 is 40.4 Å². The van der Waals surface area contributed by atoms with E-state index in [2.05, 4.69) is 22.4 Å². The molecule has 1 aliphatic heterocycles. The van der Waals surface area contributed by atoms with Crippen molar-refractivity contribution in [2.45, 2.75) is 25.0 Å². The first-order valence-corrected chi connectivity index (χ1v) is 7.17. The van der Waals surface area contributed by atoms with Gasteiger partial charge < -0.3 is 5.32 Å². The highest BCUT2D eigenvalue weighted by Gasteiger charge is 2.29. The number of amidine groups is 1. The van der Waals surface area contributed by atoms with Gasteiger partial charge >= 0.3 is 0 Å². The van der Waals surface area contributed by atoms with Gasteiger partial charge in [0.15, 0.2) is 5.17 Å². The van der Waals surface area contributed by atoms with Crippen molar-refractivity contribution in [3.05, 3.63) is 22.4 Å². The Kier molecular flexibility index (Phi) is 4.33. The Morgan fingerprint density at radius 3 is 3.18 bits per heavy atom. The van der Waals surface area contributed by atoms with Gasteiger partial charge in [-0.1, -0.05) is 31.2 Å². The highest BCUT2D eigenvalue weighted by atomic mass is 32.2. The van der Waals surface area contributed by atoms with E-state index in [0.29, 0.717) is 5.17 Å². The van der Waals surface area contributed by atoms with Crippen LogP contribution in [-0.2, 0) is 4.79 Å². The molecule has 90 valence electrons. The summed E-state index contributed by atoms with van der Waals surface area (Å²) in [6, 6.07) is 3.93. The molecule has 0 radical (unpaired) electrons. The van der Waals surface area contributed by atoms with E-state index in [-0.39, 0.29) is 11.2 Å². The van der Waals surface area contributed by atoms with Crippen molar-refractivity contribution in [1.82, 2.24) is 5.32 Å². The molecule has 1 fully saturated rings. The van der Waals surface area contributed by atoms with E-state index >= 15 is 0 Å². The zero-order chi connectivity index (χ0) is 12.1. The van der Waals surface area contributed by atoms with Gasteiger partial charge in [0.25, 0.3) is 0 Å². The molecule has 1 N–H and O–H groups in total. The molecule has 6 heteroatoms. The molecule has 0 saturated carbocycles. The van der Waals surface area contributed by atoms with Crippen LogP contribution < -0.4 is 5.32 Å². The third-order valence-corrected chi connectivity index (χ3v) is 4.15. The monoisotopic (exact) mass is 267 g/mol. The fourth-order valence-corrected chi connectivity index (χ4v) is 3.03. The Bertz CT molecular complexity index is 440. The van der Waals surface area contributed by atoms with E-state index in [1.165, 1.54) is 11.8 Å². The Morgan fingerprint density at radius 1 is 1.59 bits per heavy atom. The summed E-state index contributed by atoms with van der Waals surface area (Å²) in [7, 11) is 0. The first-order chi connectivity index (χ1) is 8.29. The van der Waals surface area contributed by atoms with Gasteiger partial charge in [0.2, 0.25) is 5.91 Å². The lowest BCUT2D eigenvalue weighted by Crippen LogP contribution is -2.24. The highest BCUT2D eigenvalue weighted by Crippen LogP contribution is 2.23. The summed E-state index contributed by atoms with van der Waals surface area (Å²) in [5, 5.41) is 13.3. The number of nitrogens with one attached hydrogen (secondary N) is 1. The minimum Gasteiger partial charge on any atom is -0.303 e. The Balaban J connectivity index is 1.93. The zero-order valence-electron chi connectivity index (χ0n) is 9.42. The van der Waals surface area contributed by atoms with Gasteiger partial charge in [0, 0.05) is 4.88 Å². The standard InChI is InChI=1S/C11H13N3OS2/c1-2-4-9-10(15)13-11(17-9)14-12-7-8-5-3-6-16-8/h3,5-7,9H,2,4H2,1H3,(H,13,14,15)/t9-/m1/s1. The molecule has 1 amide bonds. The van der Waals surface area contributed by atoms with E-state index in [1.807, 2.05) is 17.5 Å². The lowest BCUT2D eigenvalue weighted by molar-refractivity contribution is -0.118. The Labute approximate surface area is 108 Å². The molecular formula is C11H13N3OS2. The summed E-state index contributed by atoms with van der Waals surface area (Å²) >= 11 is 3.06. The number of rotatable bonds is 4. The molecule has 0 aliphatic carbocycles. The van der Waals surface area contributed by atoms with Crippen LogP contribution in [0.1, 0.15) is 24.6 Å². The number of carbonyl (C=O) groups is 1. The van der Waals surface area contributed by atoms with E-state index in [9.17, 15) is 4.79 Å². The van der Waals surface area contributed by atoms with Crippen molar-refractivity contribution in [3.63, 3.8) is 0 Å². The van der Waals surface area contributed by atoms with Crippen molar-refractivity contribution < 1.29 is 4.79 Å². The minimum absolute atomic E-state index is 0.00399. The molecule has 0 aromatic carbocycles. The molecule has 2 heterocycles. The van der Waals surface area contributed by atoms with Gasteiger partial charge in [-0.15, -0.1) is 16.4 Å². The number of hydrogen-bond acceptors (Lipinski definition) is 5. The van der Waals surface area contributed by atoms with Crippen LogP contribution in [0.25, 0.3) is 0 Å². The second-order valence-electron chi connectivity index (χ2n) is 3.55. The number of thiophene rings is 1. The maximum atomic E-state index is 11.5. The van der Waals surface area contributed by atoms with Gasteiger partial charge in [-0.2, -0.15) is 5.10 Å². The fourth-order valence-electron chi connectivity index (χ4n) is 1.41.